The summed E-state index contributed by atoms with van der Waals surface area (Å²) in [6.45, 7) is 1.43. The Balaban J connectivity index is 1.29. The average molecular weight is 382 g/mol. The maximum atomic E-state index is 6.31. The van der Waals surface area contributed by atoms with Gasteiger partial charge in [-0.15, -0.1) is 0 Å². The number of hydrogen-bond acceptors (Lipinski definition) is 2. The van der Waals surface area contributed by atoms with E-state index < -0.39 is 0 Å². The van der Waals surface area contributed by atoms with Crippen molar-refractivity contribution in [3.8, 4) is 5.75 Å². The molecular weight excluding hydrogens is 354 g/mol. The molecule has 2 aromatic carbocycles. The fraction of sp³-hybridized carbons (Fsp3) is 0.500. The van der Waals surface area contributed by atoms with Crippen LogP contribution in [0, 0.1) is 17.8 Å². The highest BCUT2D eigenvalue weighted by atomic mass is 35.5. The Morgan fingerprint density at radius 3 is 2.26 bits per heavy atom. The Morgan fingerprint density at radius 1 is 0.926 bits per heavy atom. The molecule has 1 N–H and O–H groups in total. The SMILES string of the molecule is Clc1ccc(OCc2ccccc2)c(CNC23CC4CC(CC(C4)C2)C3)c1. The normalized spacial score (nSPS) is 31.2. The molecule has 0 atom stereocenters. The van der Waals surface area contributed by atoms with Gasteiger partial charge in [-0.1, -0.05) is 41.9 Å². The fourth-order valence-corrected chi connectivity index (χ4v) is 6.37. The van der Waals surface area contributed by atoms with Gasteiger partial charge in [0.25, 0.3) is 0 Å². The molecule has 2 aromatic rings. The molecule has 0 saturated heterocycles. The monoisotopic (exact) mass is 381 g/mol. The molecule has 0 aromatic heterocycles. The average Bonchev–Trinajstić information content (AvgIpc) is 2.65. The maximum absolute atomic E-state index is 6.31. The summed E-state index contributed by atoms with van der Waals surface area (Å²) in [5.74, 6) is 3.81. The second-order valence-electron chi connectivity index (χ2n) is 9.08. The van der Waals surface area contributed by atoms with E-state index >= 15 is 0 Å². The molecule has 4 aliphatic carbocycles. The van der Waals surface area contributed by atoms with Crippen molar-refractivity contribution in [3.05, 3.63) is 64.7 Å². The van der Waals surface area contributed by atoms with Gasteiger partial charge in [-0.3, -0.25) is 0 Å². The quantitative estimate of drug-likeness (QED) is 0.664. The van der Waals surface area contributed by atoms with Crippen LogP contribution < -0.4 is 10.1 Å². The zero-order chi connectivity index (χ0) is 18.3. The van der Waals surface area contributed by atoms with Crippen molar-refractivity contribution in [1.29, 1.82) is 0 Å². The fourth-order valence-electron chi connectivity index (χ4n) is 6.17. The Morgan fingerprint density at radius 2 is 1.59 bits per heavy atom. The lowest BCUT2D eigenvalue weighted by molar-refractivity contribution is -0.0206. The van der Waals surface area contributed by atoms with Gasteiger partial charge in [-0.25, -0.2) is 0 Å². The highest BCUT2D eigenvalue weighted by molar-refractivity contribution is 6.30. The molecule has 0 heterocycles. The Bertz CT molecular complexity index is 768. The number of halogens is 1. The van der Waals surface area contributed by atoms with Gasteiger partial charge in [0, 0.05) is 22.7 Å². The molecule has 3 heteroatoms. The van der Waals surface area contributed by atoms with Gasteiger partial charge in [0.2, 0.25) is 0 Å². The summed E-state index contributed by atoms with van der Waals surface area (Å²) < 4.78 is 6.15. The van der Waals surface area contributed by atoms with Gasteiger partial charge >= 0.3 is 0 Å². The van der Waals surface area contributed by atoms with Crippen molar-refractivity contribution in [1.82, 2.24) is 5.32 Å². The number of ether oxygens (including phenoxy) is 1. The van der Waals surface area contributed by atoms with E-state index in [-0.39, 0.29) is 0 Å². The number of rotatable bonds is 6. The third kappa shape index (κ3) is 3.75. The molecule has 27 heavy (non-hydrogen) atoms. The lowest BCUT2D eigenvalue weighted by atomic mass is 9.53. The van der Waals surface area contributed by atoms with Crippen LogP contribution in [-0.2, 0) is 13.2 Å². The molecule has 0 unspecified atom stereocenters. The maximum Gasteiger partial charge on any atom is 0.124 e. The lowest BCUT2D eigenvalue weighted by Crippen LogP contribution is -2.58. The zero-order valence-electron chi connectivity index (χ0n) is 15.8. The minimum absolute atomic E-state index is 0.355. The first-order valence-corrected chi connectivity index (χ1v) is 10.8. The van der Waals surface area contributed by atoms with Crippen LogP contribution in [0.3, 0.4) is 0 Å². The summed E-state index contributed by atoms with van der Waals surface area (Å²) in [6, 6.07) is 16.3. The summed E-state index contributed by atoms with van der Waals surface area (Å²) in [5.41, 5.74) is 2.72. The molecule has 0 spiro atoms. The van der Waals surface area contributed by atoms with Crippen LogP contribution in [0.2, 0.25) is 5.02 Å². The second-order valence-corrected chi connectivity index (χ2v) is 9.51. The van der Waals surface area contributed by atoms with Crippen LogP contribution in [0.15, 0.2) is 48.5 Å². The van der Waals surface area contributed by atoms with Crippen molar-refractivity contribution in [2.45, 2.75) is 57.2 Å². The van der Waals surface area contributed by atoms with E-state index in [4.69, 9.17) is 16.3 Å². The van der Waals surface area contributed by atoms with Crippen LogP contribution in [0.5, 0.6) is 5.75 Å². The highest BCUT2D eigenvalue weighted by Crippen LogP contribution is 2.55. The second kappa shape index (κ2) is 7.14. The standard InChI is InChI=1S/C24H28ClNO/c25-22-6-7-23(27-16-17-4-2-1-3-5-17)21(11-22)15-26-24-12-18-8-19(13-24)10-20(9-18)14-24/h1-7,11,18-20,26H,8-10,12-16H2. The van der Waals surface area contributed by atoms with E-state index in [1.807, 2.05) is 18.2 Å². The molecule has 6 rings (SSSR count). The largest absolute Gasteiger partial charge is 0.489 e. The van der Waals surface area contributed by atoms with E-state index in [1.165, 1.54) is 49.7 Å². The van der Waals surface area contributed by atoms with Gasteiger partial charge in [-0.2, -0.15) is 0 Å². The Labute approximate surface area is 167 Å². The number of hydrogen-bond donors (Lipinski definition) is 1. The predicted octanol–water partition coefficient (Wildman–Crippen LogP) is 5.98. The first-order chi connectivity index (χ1) is 13.2. The van der Waals surface area contributed by atoms with Crippen molar-refractivity contribution >= 4 is 11.6 Å². The molecule has 4 fully saturated rings. The summed E-state index contributed by atoms with van der Waals surface area (Å²) in [7, 11) is 0. The lowest BCUT2D eigenvalue weighted by Gasteiger charge is -2.57. The van der Waals surface area contributed by atoms with Gasteiger partial charge in [-0.05, 0) is 80.0 Å². The first kappa shape index (κ1) is 17.6. The smallest absolute Gasteiger partial charge is 0.124 e. The van der Waals surface area contributed by atoms with E-state index in [2.05, 4.69) is 35.6 Å². The molecule has 0 aliphatic heterocycles. The van der Waals surface area contributed by atoms with Crippen LogP contribution in [0.1, 0.15) is 49.7 Å². The topological polar surface area (TPSA) is 21.3 Å². The zero-order valence-corrected chi connectivity index (χ0v) is 16.5. The summed E-state index contributed by atoms with van der Waals surface area (Å²) >= 11 is 6.31. The summed E-state index contributed by atoms with van der Waals surface area (Å²) in [4.78, 5) is 0. The van der Waals surface area contributed by atoms with E-state index in [1.54, 1.807) is 0 Å². The van der Waals surface area contributed by atoms with Gasteiger partial charge < -0.3 is 10.1 Å². The predicted molar refractivity (Wildman–Crippen MR) is 110 cm³/mol. The van der Waals surface area contributed by atoms with Crippen molar-refractivity contribution in [2.24, 2.45) is 17.8 Å². The molecule has 0 amide bonds. The number of nitrogens with one attached hydrogen (secondary N) is 1. The summed E-state index contributed by atoms with van der Waals surface area (Å²) in [6.07, 6.45) is 8.51. The molecule has 0 radical (unpaired) electrons. The van der Waals surface area contributed by atoms with Gasteiger partial charge in [0.15, 0.2) is 0 Å². The molecule has 4 aliphatic rings. The van der Waals surface area contributed by atoms with E-state index in [0.29, 0.717) is 12.1 Å². The Kier molecular flexibility index (Phi) is 4.65. The minimum Gasteiger partial charge on any atom is -0.489 e. The Hall–Kier alpha value is -1.51. The third-order valence-electron chi connectivity index (χ3n) is 6.95. The van der Waals surface area contributed by atoms with Crippen LogP contribution in [0.4, 0.5) is 0 Å². The summed E-state index contributed by atoms with van der Waals surface area (Å²) in [5, 5.41) is 4.75. The van der Waals surface area contributed by atoms with E-state index in [9.17, 15) is 0 Å². The van der Waals surface area contributed by atoms with Crippen LogP contribution in [-0.4, -0.2) is 5.54 Å². The van der Waals surface area contributed by atoms with Crippen LogP contribution in [0.25, 0.3) is 0 Å². The van der Waals surface area contributed by atoms with Crippen LogP contribution >= 0.6 is 11.6 Å². The van der Waals surface area contributed by atoms with Gasteiger partial charge in [0.05, 0.1) is 0 Å². The van der Waals surface area contributed by atoms with E-state index in [0.717, 1.165) is 35.1 Å². The third-order valence-corrected chi connectivity index (χ3v) is 7.19. The van der Waals surface area contributed by atoms with Crippen molar-refractivity contribution in [2.75, 3.05) is 0 Å². The molecule has 4 saturated carbocycles. The molecule has 2 nitrogen and oxygen atoms in total. The molecule has 4 bridgehead atoms. The van der Waals surface area contributed by atoms with Gasteiger partial charge in [0.1, 0.15) is 12.4 Å². The highest BCUT2D eigenvalue weighted by Gasteiger charge is 2.50. The van der Waals surface area contributed by atoms with Crippen molar-refractivity contribution < 1.29 is 4.74 Å². The first-order valence-electron chi connectivity index (χ1n) is 10.4. The minimum atomic E-state index is 0.355. The van der Waals surface area contributed by atoms with Crippen molar-refractivity contribution in [3.63, 3.8) is 0 Å². The molecular formula is C24H28ClNO. The number of benzene rings is 2. The molecule has 142 valence electrons.